The van der Waals surface area contributed by atoms with E-state index in [1.54, 1.807) is 18.2 Å². The number of aromatic nitrogens is 1. The largest absolute Gasteiger partial charge is 0.497 e. The number of hydrogen-bond donors (Lipinski definition) is 0. The van der Waals surface area contributed by atoms with Gasteiger partial charge in [-0.15, -0.1) is 0 Å². The molecule has 1 heterocycles. The molecule has 0 atom stereocenters. The summed E-state index contributed by atoms with van der Waals surface area (Å²) < 4.78 is 23.4. The highest BCUT2D eigenvalue weighted by molar-refractivity contribution is 5.80. The number of benzene rings is 1. The van der Waals surface area contributed by atoms with Crippen LogP contribution in [-0.2, 0) is 6.61 Å². The second kappa shape index (κ2) is 5.95. The molecule has 5 heteroatoms. The fourth-order valence-corrected chi connectivity index (χ4v) is 1.57. The monoisotopic (exact) mass is 261 g/mol. The zero-order valence-corrected chi connectivity index (χ0v) is 10.3. The lowest BCUT2D eigenvalue weighted by Crippen LogP contribution is -1.99. The molecule has 0 aliphatic heterocycles. The smallest absolute Gasteiger partial charge is 0.153 e. The molecule has 0 N–H and O–H groups in total. The Labute approximate surface area is 109 Å². The van der Waals surface area contributed by atoms with Crippen LogP contribution in [0.15, 0.2) is 36.7 Å². The maximum Gasteiger partial charge on any atom is 0.153 e. The molecule has 4 nitrogen and oxygen atoms in total. The zero-order valence-electron chi connectivity index (χ0n) is 10.3. The number of rotatable bonds is 5. The summed E-state index contributed by atoms with van der Waals surface area (Å²) in [4.78, 5) is 14.7. The van der Waals surface area contributed by atoms with Gasteiger partial charge < -0.3 is 9.47 Å². The first-order valence-electron chi connectivity index (χ1n) is 5.58. The minimum Gasteiger partial charge on any atom is -0.497 e. The number of carbonyl (C=O) groups excluding carboxylic acids is 1. The Morgan fingerprint density at radius 1 is 1.32 bits per heavy atom. The molecule has 0 aliphatic rings. The van der Waals surface area contributed by atoms with Crippen LogP contribution in [0, 0.1) is 5.82 Å². The number of nitrogens with zero attached hydrogens (tertiary/aromatic N) is 1. The molecule has 0 fully saturated rings. The van der Waals surface area contributed by atoms with E-state index in [2.05, 4.69) is 4.98 Å². The van der Waals surface area contributed by atoms with E-state index in [0.29, 0.717) is 28.9 Å². The molecule has 1 aromatic heterocycles. The van der Waals surface area contributed by atoms with E-state index in [9.17, 15) is 9.18 Å². The van der Waals surface area contributed by atoms with Gasteiger partial charge >= 0.3 is 0 Å². The summed E-state index contributed by atoms with van der Waals surface area (Å²) in [6, 6.07) is 6.23. The van der Waals surface area contributed by atoms with Crippen molar-refractivity contribution in [3.05, 3.63) is 53.6 Å². The molecule has 0 aliphatic carbocycles. The Bertz CT molecular complexity index is 587. The van der Waals surface area contributed by atoms with Crippen molar-refractivity contribution in [1.29, 1.82) is 0 Å². The van der Waals surface area contributed by atoms with Crippen LogP contribution < -0.4 is 9.47 Å². The summed E-state index contributed by atoms with van der Waals surface area (Å²) in [5.74, 6) is 0.563. The van der Waals surface area contributed by atoms with Crippen molar-refractivity contribution < 1.29 is 18.7 Å². The van der Waals surface area contributed by atoms with Gasteiger partial charge in [0.15, 0.2) is 6.29 Å². The molecule has 0 amide bonds. The molecule has 2 rings (SSSR count). The normalized spacial score (nSPS) is 10.0. The first kappa shape index (κ1) is 13.0. The van der Waals surface area contributed by atoms with Gasteiger partial charge in [-0.1, -0.05) is 0 Å². The Balaban J connectivity index is 2.13. The summed E-state index contributed by atoms with van der Waals surface area (Å²) in [6.45, 7) is 0.137. The standard InChI is InChI=1S/C14H12FNO3/c1-18-13-2-3-14(11(5-13)8-17)19-9-10-4-12(15)7-16-6-10/h2-8H,9H2,1H3. The van der Waals surface area contributed by atoms with Crippen molar-refractivity contribution in [2.24, 2.45) is 0 Å². The first-order valence-corrected chi connectivity index (χ1v) is 5.58. The number of carbonyl (C=O) groups is 1. The van der Waals surface area contributed by atoms with Crippen LogP contribution in [0.5, 0.6) is 11.5 Å². The van der Waals surface area contributed by atoms with E-state index >= 15 is 0 Å². The number of halogens is 1. The topological polar surface area (TPSA) is 48.4 Å². The molecule has 1 aromatic carbocycles. The zero-order chi connectivity index (χ0) is 13.7. The SMILES string of the molecule is COc1ccc(OCc2cncc(F)c2)c(C=O)c1. The van der Waals surface area contributed by atoms with Gasteiger partial charge in [-0.05, 0) is 24.3 Å². The van der Waals surface area contributed by atoms with Crippen LogP contribution in [-0.4, -0.2) is 18.4 Å². The fraction of sp³-hybridized carbons (Fsp3) is 0.143. The summed E-state index contributed by atoms with van der Waals surface area (Å²) in [6.07, 6.45) is 3.31. The Hall–Kier alpha value is -2.43. The van der Waals surface area contributed by atoms with E-state index in [4.69, 9.17) is 9.47 Å². The molecule has 0 spiro atoms. The average Bonchev–Trinajstić information content (AvgIpc) is 2.45. The van der Waals surface area contributed by atoms with Gasteiger partial charge in [-0.3, -0.25) is 9.78 Å². The van der Waals surface area contributed by atoms with Gasteiger partial charge in [0.25, 0.3) is 0 Å². The van der Waals surface area contributed by atoms with Gasteiger partial charge in [-0.25, -0.2) is 4.39 Å². The first-order chi connectivity index (χ1) is 9.22. The highest BCUT2D eigenvalue weighted by atomic mass is 19.1. The third kappa shape index (κ3) is 3.28. The van der Waals surface area contributed by atoms with Gasteiger partial charge in [0, 0.05) is 11.8 Å². The third-order valence-electron chi connectivity index (χ3n) is 2.50. The fourth-order valence-electron chi connectivity index (χ4n) is 1.57. The molecule has 0 radical (unpaired) electrons. The van der Waals surface area contributed by atoms with Gasteiger partial charge in [-0.2, -0.15) is 0 Å². The van der Waals surface area contributed by atoms with Crippen LogP contribution >= 0.6 is 0 Å². The molecule has 0 unspecified atom stereocenters. The highest BCUT2D eigenvalue weighted by Crippen LogP contribution is 2.23. The second-order valence-corrected chi connectivity index (χ2v) is 3.82. The average molecular weight is 261 g/mol. The Morgan fingerprint density at radius 3 is 2.84 bits per heavy atom. The summed E-state index contributed by atoms with van der Waals surface area (Å²) in [7, 11) is 1.52. The lowest BCUT2D eigenvalue weighted by atomic mass is 10.2. The number of hydrogen-bond acceptors (Lipinski definition) is 4. The van der Waals surface area contributed by atoms with Gasteiger partial charge in [0.05, 0.1) is 18.9 Å². The van der Waals surface area contributed by atoms with Gasteiger partial charge in [0.1, 0.15) is 23.9 Å². The van der Waals surface area contributed by atoms with E-state index in [1.165, 1.54) is 19.4 Å². The molecular formula is C14H12FNO3. The van der Waals surface area contributed by atoms with Crippen LogP contribution in [0.3, 0.4) is 0 Å². The molecule has 98 valence electrons. The number of pyridine rings is 1. The molecule has 2 aromatic rings. The lowest BCUT2D eigenvalue weighted by molar-refractivity contribution is 0.111. The Kier molecular flexibility index (Phi) is 4.07. The maximum absolute atomic E-state index is 12.9. The highest BCUT2D eigenvalue weighted by Gasteiger charge is 2.06. The van der Waals surface area contributed by atoms with Crippen LogP contribution in [0.1, 0.15) is 15.9 Å². The van der Waals surface area contributed by atoms with E-state index in [0.717, 1.165) is 6.20 Å². The molecular weight excluding hydrogens is 249 g/mol. The molecule has 19 heavy (non-hydrogen) atoms. The van der Waals surface area contributed by atoms with Crippen LogP contribution in [0.25, 0.3) is 0 Å². The van der Waals surface area contributed by atoms with Crippen LogP contribution in [0.4, 0.5) is 4.39 Å². The predicted molar refractivity (Wildman–Crippen MR) is 66.9 cm³/mol. The van der Waals surface area contributed by atoms with E-state index < -0.39 is 5.82 Å². The Morgan fingerprint density at radius 2 is 2.16 bits per heavy atom. The summed E-state index contributed by atoms with van der Waals surface area (Å²) >= 11 is 0. The third-order valence-corrected chi connectivity index (χ3v) is 2.50. The van der Waals surface area contributed by atoms with Crippen molar-refractivity contribution in [2.45, 2.75) is 6.61 Å². The van der Waals surface area contributed by atoms with Crippen LogP contribution in [0.2, 0.25) is 0 Å². The number of methoxy groups -OCH3 is 1. The van der Waals surface area contributed by atoms with Crippen molar-refractivity contribution in [1.82, 2.24) is 4.98 Å². The van der Waals surface area contributed by atoms with Gasteiger partial charge in [0.2, 0.25) is 0 Å². The molecule has 0 saturated carbocycles. The summed E-state index contributed by atoms with van der Waals surface area (Å²) in [5.41, 5.74) is 0.969. The van der Waals surface area contributed by atoms with E-state index in [-0.39, 0.29) is 6.61 Å². The van der Waals surface area contributed by atoms with Crippen molar-refractivity contribution >= 4 is 6.29 Å². The van der Waals surface area contributed by atoms with Crippen molar-refractivity contribution in [3.8, 4) is 11.5 Å². The molecule has 0 bridgehead atoms. The van der Waals surface area contributed by atoms with E-state index in [1.807, 2.05) is 0 Å². The number of aldehydes is 1. The second-order valence-electron chi connectivity index (χ2n) is 3.82. The summed E-state index contributed by atoms with van der Waals surface area (Å²) in [5, 5.41) is 0. The van der Waals surface area contributed by atoms with Crippen molar-refractivity contribution in [2.75, 3.05) is 7.11 Å². The predicted octanol–water partition coefficient (Wildman–Crippen LogP) is 2.62. The van der Waals surface area contributed by atoms with Crippen molar-refractivity contribution in [3.63, 3.8) is 0 Å². The maximum atomic E-state index is 12.9. The quantitative estimate of drug-likeness (QED) is 0.776. The minimum atomic E-state index is -0.425. The minimum absolute atomic E-state index is 0.137. The molecule has 0 saturated heterocycles. The number of ether oxygens (including phenoxy) is 2. The lowest BCUT2D eigenvalue weighted by Gasteiger charge is -2.09.